The fourth-order valence-corrected chi connectivity index (χ4v) is 2.20. The van der Waals surface area contributed by atoms with E-state index < -0.39 is 0 Å². The Kier molecular flexibility index (Phi) is 3.03. The molecule has 0 radical (unpaired) electrons. The Morgan fingerprint density at radius 1 is 1.15 bits per heavy atom. The number of hydrogen-bond acceptors (Lipinski definition) is 2. The van der Waals surface area contributed by atoms with Gasteiger partial charge in [-0.2, -0.15) is 0 Å². The largest absolute Gasteiger partial charge is 0.289 e. The molecule has 0 aliphatic rings. The number of hydrogen-bond donors (Lipinski definition) is 0. The van der Waals surface area contributed by atoms with Gasteiger partial charge in [0.05, 0.1) is 0 Å². The summed E-state index contributed by atoms with van der Waals surface area (Å²) in [5.41, 5.74) is 1.42. The molecular formula is C17H12FNO. The van der Waals surface area contributed by atoms with E-state index in [0.29, 0.717) is 16.7 Å². The lowest BCUT2D eigenvalue weighted by molar-refractivity contribution is 0.104. The number of carbonyl (C=O) groups excluding carboxylic acids is 1. The summed E-state index contributed by atoms with van der Waals surface area (Å²) >= 11 is 0. The van der Waals surface area contributed by atoms with Crippen molar-refractivity contribution < 1.29 is 9.18 Å². The molecule has 0 unspecified atom stereocenters. The Hall–Kier alpha value is -2.55. The zero-order valence-electron chi connectivity index (χ0n) is 10.9. The van der Waals surface area contributed by atoms with Gasteiger partial charge in [-0.25, -0.2) is 4.39 Å². The molecule has 3 aromatic rings. The minimum absolute atomic E-state index is 0.192. The van der Waals surface area contributed by atoms with E-state index in [1.165, 1.54) is 6.07 Å². The summed E-state index contributed by atoms with van der Waals surface area (Å²) in [6.07, 6.45) is 3.34. The quantitative estimate of drug-likeness (QED) is 0.657. The summed E-state index contributed by atoms with van der Waals surface area (Å²) in [5, 5.41) is 1.72. The third kappa shape index (κ3) is 2.07. The minimum Gasteiger partial charge on any atom is -0.289 e. The normalized spacial score (nSPS) is 10.7. The van der Waals surface area contributed by atoms with Crippen LogP contribution in [0.3, 0.4) is 0 Å². The van der Waals surface area contributed by atoms with Crippen molar-refractivity contribution in [3.05, 3.63) is 77.4 Å². The van der Waals surface area contributed by atoms with Crippen LogP contribution in [0.2, 0.25) is 0 Å². The highest BCUT2D eigenvalue weighted by atomic mass is 19.1. The molecule has 0 atom stereocenters. The Morgan fingerprint density at radius 2 is 2.00 bits per heavy atom. The van der Waals surface area contributed by atoms with E-state index in [1.807, 2.05) is 18.2 Å². The lowest BCUT2D eigenvalue weighted by Crippen LogP contribution is -2.03. The summed E-state index contributed by atoms with van der Waals surface area (Å²) in [6, 6.07) is 11.9. The van der Waals surface area contributed by atoms with Crippen LogP contribution in [-0.4, -0.2) is 10.8 Å². The lowest BCUT2D eigenvalue weighted by atomic mass is 9.98. The number of rotatable bonds is 2. The van der Waals surface area contributed by atoms with Crippen molar-refractivity contribution in [1.29, 1.82) is 0 Å². The van der Waals surface area contributed by atoms with Crippen LogP contribution in [0.25, 0.3) is 10.8 Å². The molecule has 20 heavy (non-hydrogen) atoms. The number of aromatic nitrogens is 1. The first-order chi connectivity index (χ1) is 9.66. The topological polar surface area (TPSA) is 30.0 Å². The molecule has 0 aliphatic heterocycles. The molecule has 0 saturated heterocycles. The number of aryl methyl sites for hydroxylation is 1. The van der Waals surface area contributed by atoms with Crippen LogP contribution < -0.4 is 0 Å². The van der Waals surface area contributed by atoms with E-state index in [2.05, 4.69) is 4.98 Å². The van der Waals surface area contributed by atoms with Gasteiger partial charge in [0.1, 0.15) is 5.82 Å². The molecule has 2 aromatic carbocycles. The molecule has 1 aromatic heterocycles. The van der Waals surface area contributed by atoms with Crippen molar-refractivity contribution in [2.45, 2.75) is 6.92 Å². The number of pyridine rings is 1. The molecule has 0 saturated carbocycles. The van der Waals surface area contributed by atoms with E-state index >= 15 is 0 Å². The van der Waals surface area contributed by atoms with Gasteiger partial charge in [0, 0.05) is 28.9 Å². The maximum atomic E-state index is 13.6. The third-order valence-electron chi connectivity index (χ3n) is 3.36. The zero-order valence-corrected chi connectivity index (χ0v) is 10.9. The van der Waals surface area contributed by atoms with Gasteiger partial charge >= 0.3 is 0 Å². The number of nitrogens with zero attached hydrogens (tertiary/aromatic N) is 1. The van der Waals surface area contributed by atoms with Crippen LogP contribution in [0.15, 0.2) is 54.9 Å². The molecule has 0 fully saturated rings. The summed E-state index contributed by atoms with van der Waals surface area (Å²) < 4.78 is 13.6. The first-order valence-electron chi connectivity index (χ1n) is 6.30. The molecule has 3 heteroatoms. The highest BCUT2D eigenvalue weighted by Crippen LogP contribution is 2.21. The van der Waals surface area contributed by atoms with Crippen LogP contribution in [0.4, 0.5) is 4.39 Å². The SMILES string of the molecule is Cc1ccc(C(=O)c2cccc3ccncc23)cc1F. The summed E-state index contributed by atoms with van der Waals surface area (Å²) in [5.74, 6) is -0.559. The van der Waals surface area contributed by atoms with E-state index in [4.69, 9.17) is 0 Å². The molecule has 0 aliphatic carbocycles. The summed E-state index contributed by atoms with van der Waals surface area (Å²) in [4.78, 5) is 16.6. The van der Waals surface area contributed by atoms with Crippen LogP contribution in [-0.2, 0) is 0 Å². The fourth-order valence-electron chi connectivity index (χ4n) is 2.20. The maximum absolute atomic E-state index is 13.6. The van der Waals surface area contributed by atoms with E-state index in [9.17, 15) is 9.18 Å². The smallest absolute Gasteiger partial charge is 0.193 e. The van der Waals surface area contributed by atoms with Crippen molar-refractivity contribution in [3.63, 3.8) is 0 Å². The predicted molar refractivity (Wildman–Crippen MR) is 76.3 cm³/mol. The number of ketones is 1. The van der Waals surface area contributed by atoms with Gasteiger partial charge in [-0.15, -0.1) is 0 Å². The molecule has 98 valence electrons. The Morgan fingerprint density at radius 3 is 2.80 bits per heavy atom. The predicted octanol–water partition coefficient (Wildman–Crippen LogP) is 3.91. The van der Waals surface area contributed by atoms with Gasteiger partial charge in [0.25, 0.3) is 0 Å². The maximum Gasteiger partial charge on any atom is 0.193 e. The van der Waals surface area contributed by atoms with Crippen molar-refractivity contribution in [3.8, 4) is 0 Å². The molecular weight excluding hydrogens is 253 g/mol. The van der Waals surface area contributed by atoms with E-state index in [0.717, 1.165) is 10.8 Å². The van der Waals surface area contributed by atoms with Gasteiger partial charge in [-0.05, 0) is 30.0 Å². The highest BCUT2D eigenvalue weighted by molar-refractivity contribution is 6.16. The van der Waals surface area contributed by atoms with Gasteiger partial charge in [-0.1, -0.05) is 30.3 Å². The van der Waals surface area contributed by atoms with Gasteiger partial charge in [0.2, 0.25) is 0 Å². The molecule has 1 heterocycles. The molecule has 0 bridgehead atoms. The molecule has 0 spiro atoms. The minimum atomic E-state index is -0.366. The molecule has 0 amide bonds. The van der Waals surface area contributed by atoms with Crippen molar-refractivity contribution >= 4 is 16.6 Å². The van der Waals surface area contributed by atoms with Crippen molar-refractivity contribution in [2.24, 2.45) is 0 Å². The molecule has 3 rings (SSSR count). The number of carbonyl (C=O) groups is 1. The molecule has 0 N–H and O–H groups in total. The summed E-state index contributed by atoms with van der Waals surface area (Å²) in [7, 11) is 0. The lowest BCUT2D eigenvalue weighted by Gasteiger charge is -2.06. The third-order valence-corrected chi connectivity index (χ3v) is 3.36. The first kappa shape index (κ1) is 12.5. The van der Waals surface area contributed by atoms with E-state index in [-0.39, 0.29) is 11.6 Å². The zero-order chi connectivity index (χ0) is 14.1. The monoisotopic (exact) mass is 265 g/mol. The number of benzene rings is 2. The van der Waals surface area contributed by atoms with Crippen molar-refractivity contribution in [2.75, 3.05) is 0 Å². The van der Waals surface area contributed by atoms with Crippen LogP contribution in [0.1, 0.15) is 21.5 Å². The summed E-state index contributed by atoms with van der Waals surface area (Å²) in [6.45, 7) is 1.67. The Bertz CT molecular complexity index is 806. The second kappa shape index (κ2) is 4.85. The van der Waals surface area contributed by atoms with Gasteiger partial charge in [0.15, 0.2) is 5.78 Å². The van der Waals surface area contributed by atoms with Crippen LogP contribution in [0.5, 0.6) is 0 Å². The number of fused-ring (bicyclic) bond motifs is 1. The standard InChI is InChI=1S/C17H12FNO/c1-11-5-6-13(9-16(11)18)17(20)14-4-2-3-12-7-8-19-10-15(12)14/h2-10H,1H3. The van der Waals surface area contributed by atoms with Crippen molar-refractivity contribution in [1.82, 2.24) is 4.98 Å². The Balaban J connectivity index is 2.15. The first-order valence-corrected chi connectivity index (χ1v) is 6.30. The van der Waals surface area contributed by atoms with Gasteiger partial charge in [-0.3, -0.25) is 9.78 Å². The average Bonchev–Trinajstić information content (AvgIpc) is 2.49. The second-order valence-corrected chi connectivity index (χ2v) is 4.70. The van der Waals surface area contributed by atoms with Crippen LogP contribution in [0, 0.1) is 12.7 Å². The Labute approximate surface area is 115 Å². The van der Waals surface area contributed by atoms with E-state index in [1.54, 1.807) is 37.5 Å². The highest BCUT2D eigenvalue weighted by Gasteiger charge is 2.13. The molecule has 2 nitrogen and oxygen atoms in total. The fraction of sp³-hybridized carbons (Fsp3) is 0.0588. The van der Waals surface area contributed by atoms with Crippen LogP contribution >= 0.6 is 0 Å². The van der Waals surface area contributed by atoms with Gasteiger partial charge < -0.3 is 0 Å². The average molecular weight is 265 g/mol. The second-order valence-electron chi connectivity index (χ2n) is 4.70. The number of halogens is 1.